The molecule has 0 radical (unpaired) electrons. The van der Waals surface area contributed by atoms with E-state index in [1.807, 2.05) is 54.6 Å². The summed E-state index contributed by atoms with van der Waals surface area (Å²) in [5, 5.41) is 5.92. The summed E-state index contributed by atoms with van der Waals surface area (Å²) in [6, 6.07) is 17.5. The number of carbonyl (C=O) groups excluding carboxylic acids is 1. The fraction of sp³-hybridized carbons (Fsp3) is 0.278. The van der Waals surface area contributed by atoms with E-state index in [-0.39, 0.29) is 0 Å². The highest BCUT2D eigenvalue weighted by atomic mass is 16.5. The molecule has 0 spiro atoms. The first kappa shape index (κ1) is 16.7. The second-order valence-corrected chi connectivity index (χ2v) is 4.92. The second-order valence-electron chi connectivity index (χ2n) is 4.92. The van der Waals surface area contributed by atoms with Crippen molar-refractivity contribution in [3.05, 3.63) is 60.2 Å². The SMILES string of the molecule is COc1ccccc1CCOC(=O)NCCNc1ccccc1. The fourth-order valence-corrected chi connectivity index (χ4v) is 2.14. The van der Waals surface area contributed by atoms with Crippen molar-refractivity contribution >= 4 is 11.8 Å². The zero-order valence-corrected chi connectivity index (χ0v) is 13.2. The Morgan fingerprint density at radius 3 is 2.52 bits per heavy atom. The largest absolute Gasteiger partial charge is 0.496 e. The van der Waals surface area contributed by atoms with Gasteiger partial charge in [-0.3, -0.25) is 0 Å². The topological polar surface area (TPSA) is 59.6 Å². The molecule has 2 aromatic carbocycles. The van der Waals surface area contributed by atoms with Crippen molar-refractivity contribution in [2.24, 2.45) is 0 Å². The van der Waals surface area contributed by atoms with Crippen molar-refractivity contribution in [1.82, 2.24) is 5.32 Å². The summed E-state index contributed by atoms with van der Waals surface area (Å²) in [5.41, 5.74) is 2.05. The van der Waals surface area contributed by atoms with Crippen LogP contribution in [0.25, 0.3) is 0 Å². The highest BCUT2D eigenvalue weighted by molar-refractivity contribution is 5.67. The van der Waals surface area contributed by atoms with E-state index in [4.69, 9.17) is 9.47 Å². The molecule has 23 heavy (non-hydrogen) atoms. The lowest BCUT2D eigenvalue weighted by atomic mass is 10.1. The smallest absolute Gasteiger partial charge is 0.407 e. The molecular formula is C18H22N2O3. The van der Waals surface area contributed by atoms with Gasteiger partial charge in [-0.1, -0.05) is 36.4 Å². The number of nitrogens with one attached hydrogen (secondary N) is 2. The highest BCUT2D eigenvalue weighted by Gasteiger charge is 2.04. The number of methoxy groups -OCH3 is 1. The van der Waals surface area contributed by atoms with Gasteiger partial charge in [-0.05, 0) is 23.8 Å². The van der Waals surface area contributed by atoms with Crippen LogP contribution in [0, 0.1) is 0 Å². The number of hydrogen-bond acceptors (Lipinski definition) is 4. The number of para-hydroxylation sites is 2. The van der Waals surface area contributed by atoms with E-state index in [1.54, 1.807) is 7.11 Å². The molecule has 0 atom stereocenters. The minimum absolute atomic E-state index is 0.318. The summed E-state index contributed by atoms with van der Waals surface area (Å²) in [5.74, 6) is 0.809. The van der Waals surface area contributed by atoms with Crippen molar-refractivity contribution in [2.45, 2.75) is 6.42 Å². The molecule has 2 N–H and O–H groups in total. The van der Waals surface area contributed by atoms with Gasteiger partial charge in [0.25, 0.3) is 0 Å². The van der Waals surface area contributed by atoms with Crippen molar-refractivity contribution < 1.29 is 14.3 Å². The van der Waals surface area contributed by atoms with Crippen LogP contribution in [0.3, 0.4) is 0 Å². The third-order valence-electron chi connectivity index (χ3n) is 3.29. The van der Waals surface area contributed by atoms with Gasteiger partial charge in [-0.2, -0.15) is 0 Å². The normalized spacial score (nSPS) is 9.96. The van der Waals surface area contributed by atoms with Crippen molar-refractivity contribution in [2.75, 3.05) is 32.1 Å². The summed E-state index contributed by atoms with van der Waals surface area (Å²) in [4.78, 5) is 11.6. The maximum absolute atomic E-state index is 11.6. The first-order valence-electron chi connectivity index (χ1n) is 7.61. The molecule has 5 nitrogen and oxygen atoms in total. The predicted molar refractivity (Wildman–Crippen MR) is 91.0 cm³/mol. The third-order valence-corrected chi connectivity index (χ3v) is 3.29. The van der Waals surface area contributed by atoms with Gasteiger partial charge in [0.15, 0.2) is 0 Å². The van der Waals surface area contributed by atoms with Crippen molar-refractivity contribution in [1.29, 1.82) is 0 Å². The Hall–Kier alpha value is -2.69. The molecule has 2 rings (SSSR count). The minimum atomic E-state index is -0.408. The Kier molecular flexibility index (Phi) is 6.78. The minimum Gasteiger partial charge on any atom is -0.496 e. The zero-order chi connectivity index (χ0) is 16.3. The van der Waals surface area contributed by atoms with Crippen molar-refractivity contribution in [3.8, 4) is 5.75 Å². The fourth-order valence-electron chi connectivity index (χ4n) is 2.14. The average Bonchev–Trinajstić information content (AvgIpc) is 2.60. The number of benzene rings is 2. The molecular weight excluding hydrogens is 292 g/mol. The number of amides is 1. The molecule has 0 aromatic heterocycles. The molecule has 0 bridgehead atoms. The Morgan fingerprint density at radius 2 is 1.74 bits per heavy atom. The number of hydrogen-bond donors (Lipinski definition) is 2. The first-order valence-corrected chi connectivity index (χ1v) is 7.61. The van der Waals surface area contributed by atoms with Gasteiger partial charge in [0.1, 0.15) is 5.75 Å². The van der Waals surface area contributed by atoms with Gasteiger partial charge in [0.2, 0.25) is 0 Å². The van der Waals surface area contributed by atoms with Gasteiger partial charge in [0, 0.05) is 25.2 Å². The van der Waals surface area contributed by atoms with E-state index in [1.165, 1.54) is 0 Å². The first-order chi connectivity index (χ1) is 11.3. The molecule has 122 valence electrons. The number of carbonyl (C=O) groups is 1. The van der Waals surface area contributed by atoms with Gasteiger partial charge < -0.3 is 20.1 Å². The van der Waals surface area contributed by atoms with Gasteiger partial charge in [0.05, 0.1) is 13.7 Å². The Labute approximate surface area is 136 Å². The molecule has 1 amide bonds. The molecule has 0 aliphatic rings. The molecule has 0 aliphatic carbocycles. The van der Waals surface area contributed by atoms with E-state index < -0.39 is 6.09 Å². The quantitative estimate of drug-likeness (QED) is 0.735. The number of rotatable bonds is 8. The summed E-state index contributed by atoms with van der Waals surface area (Å²) >= 11 is 0. The van der Waals surface area contributed by atoms with E-state index in [2.05, 4.69) is 10.6 Å². The van der Waals surface area contributed by atoms with Gasteiger partial charge >= 0.3 is 6.09 Å². The van der Waals surface area contributed by atoms with Crippen LogP contribution in [-0.4, -0.2) is 32.9 Å². The number of ether oxygens (including phenoxy) is 2. The monoisotopic (exact) mass is 314 g/mol. The molecule has 2 aromatic rings. The highest BCUT2D eigenvalue weighted by Crippen LogP contribution is 2.17. The molecule has 0 fully saturated rings. The Morgan fingerprint density at radius 1 is 1.00 bits per heavy atom. The molecule has 5 heteroatoms. The molecule has 0 aliphatic heterocycles. The van der Waals surface area contributed by atoms with Crippen LogP contribution in [-0.2, 0) is 11.2 Å². The maximum atomic E-state index is 11.6. The van der Waals surface area contributed by atoms with Crippen LogP contribution in [0.1, 0.15) is 5.56 Å². The van der Waals surface area contributed by atoms with Crippen LogP contribution in [0.4, 0.5) is 10.5 Å². The van der Waals surface area contributed by atoms with E-state index in [0.29, 0.717) is 26.1 Å². The zero-order valence-electron chi connectivity index (χ0n) is 13.2. The van der Waals surface area contributed by atoms with Crippen LogP contribution in [0.2, 0.25) is 0 Å². The Balaban J connectivity index is 1.60. The second kappa shape index (κ2) is 9.35. The van der Waals surface area contributed by atoms with Gasteiger partial charge in [-0.15, -0.1) is 0 Å². The third kappa shape index (κ3) is 5.90. The van der Waals surface area contributed by atoms with Crippen LogP contribution in [0.15, 0.2) is 54.6 Å². The van der Waals surface area contributed by atoms with E-state index in [9.17, 15) is 4.79 Å². The number of anilines is 1. The average molecular weight is 314 g/mol. The van der Waals surface area contributed by atoms with Crippen LogP contribution < -0.4 is 15.4 Å². The molecule has 0 saturated heterocycles. The van der Waals surface area contributed by atoms with Crippen LogP contribution in [0.5, 0.6) is 5.75 Å². The summed E-state index contributed by atoms with van der Waals surface area (Å²) in [6.07, 6.45) is 0.217. The summed E-state index contributed by atoms with van der Waals surface area (Å²) in [6.45, 7) is 1.46. The lowest BCUT2D eigenvalue weighted by Crippen LogP contribution is -2.29. The lowest BCUT2D eigenvalue weighted by molar-refractivity contribution is 0.147. The summed E-state index contributed by atoms with van der Waals surface area (Å²) < 4.78 is 10.4. The van der Waals surface area contributed by atoms with Crippen LogP contribution >= 0.6 is 0 Å². The lowest BCUT2D eigenvalue weighted by Gasteiger charge is -2.10. The molecule has 0 heterocycles. The maximum Gasteiger partial charge on any atom is 0.407 e. The standard InChI is InChI=1S/C18H22N2O3/c1-22-17-10-6-5-7-15(17)11-14-23-18(21)20-13-12-19-16-8-3-2-4-9-16/h2-10,19H,11-14H2,1H3,(H,20,21). The van der Waals surface area contributed by atoms with E-state index in [0.717, 1.165) is 17.0 Å². The van der Waals surface area contributed by atoms with Gasteiger partial charge in [-0.25, -0.2) is 4.79 Å². The number of alkyl carbamates (subject to hydrolysis) is 1. The summed E-state index contributed by atoms with van der Waals surface area (Å²) in [7, 11) is 1.63. The molecule has 0 saturated carbocycles. The van der Waals surface area contributed by atoms with Crippen molar-refractivity contribution in [3.63, 3.8) is 0 Å². The predicted octanol–water partition coefficient (Wildman–Crippen LogP) is 3.08. The Bertz CT molecular complexity index is 602. The molecule has 0 unspecified atom stereocenters. The van der Waals surface area contributed by atoms with E-state index >= 15 is 0 Å².